The standard InChI is InChI=1S/C9H7Br2ClN2O/c10-5-3-8(15)14(4-5)6-1-2-7(12)13-9(6)11/h1-2,5H,3-4H2. The van der Waals surface area contributed by atoms with Crippen molar-refractivity contribution < 1.29 is 4.79 Å². The summed E-state index contributed by atoms with van der Waals surface area (Å²) in [6.45, 7) is 0.667. The van der Waals surface area contributed by atoms with Crippen molar-refractivity contribution in [1.29, 1.82) is 0 Å². The Morgan fingerprint density at radius 3 is 2.80 bits per heavy atom. The minimum atomic E-state index is 0.0988. The highest BCUT2D eigenvalue weighted by Crippen LogP contribution is 2.31. The van der Waals surface area contributed by atoms with Crippen molar-refractivity contribution in [2.75, 3.05) is 11.4 Å². The third kappa shape index (κ3) is 2.34. The highest BCUT2D eigenvalue weighted by atomic mass is 79.9. The fourth-order valence-electron chi connectivity index (χ4n) is 1.50. The van der Waals surface area contributed by atoms with Gasteiger partial charge in [0.05, 0.1) is 5.69 Å². The summed E-state index contributed by atoms with van der Waals surface area (Å²) in [5, 5.41) is 0.410. The number of carbonyl (C=O) groups is 1. The van der Waals surface area contributed by atoms with Gasteiger partial charge in [-0.2, -0.15) is 0 Å². The van der Waals surface area contributed by atoms with Crippen LogP contribution in [0.1, 0.15) is 6.42 Å². The molecule has 0 bridgehead atoms. The number of rotatable bonds is 1. The Morgan fingerprint density at radius 1 is 1.53 bits per heavy atom. The van der Waals surface area contributed by atoms with Crippen LogP contribution in [0, 0.1) is 0 Å². The molecule has 0 saturated carbocycles. The van der Waals surface area contributed by atoms with Crippen LogP contribution in [0.2, 0.25) is 5.15 Å². The van der Waals surface area contributed by atoms with Crippen molar-refractivity contribution in [1.82, 2.24) is 4.98 Å². The largest absolute Gasteiger partial charge is 0.309 e. The first-order valence-corrected chi connectivity index (χ1v) is 6.43. The number of anilines is 1. The van der Waals surface area contributed by atoms with E-state index in [-0.39, 0.29) is 10.7 Å². The molecule has 1 fully saturated rings. The summed E-state index contributed by atoms with van der Waals surface area (Å²) in [6, 6.07) is 3.47. The second-order valence-electron chi connectivity index (χ2n) is 3.25. The van der Waals surface area contributed by atoms with Gasteiger partial charge in [0.25, 0.3) is 0 Å². The lowest BCUT2D eigenvalue weighted by Crippen LogP contribution is -2.25. The zero-order valence-corrected chi connectivity index (χ0v) is 11.5. The molecular formula is C9H7Br2ClN2O. The molecule has 3 nitrogen and oxygen atoms in total. The highest BCUT2D eigenvalue weighted by Gasteiger charge is 2.30. The lowest BCUT2D eigenvalue weighted by Gasteiger charge is -2.16. The molecule has 2 rings (SSSR count). The average molecular weight is 354 g/mol. The van der Waals surface area contributed by atoms with Gasteiger partial charge < -0.3 is 4.90 Å². The Labute approximate surface area is 109 Å². The van der Waals surface area contributed by atoms with Crippen molar-refractivity contribution in [3.63, 3.8) is 0 Å². The number of aromatic nitrogens is 1. The maximum atomic E-state index is 11.6. The SMILES string of the molecule is O=C1CC(Br)CN1c1ccc(Cl)nc1Br. The third-order valence-electron chi connectivity index (χ3n) is 2.16. The highest BCUT2D eigenvalue weighted by molar-refractivity contribution is 9.10. The molecule has 6 heteroatoms. The summed E-state index contributed by atoms with van der Waals surface area (Å²) < 4.78 is 0.602. The van der Waals surface area contributed by atoms with Crippen LogP contribution in [-0.2, 0) is 4.79 Å². The van der Waals surface area contributed by atoms with E-state index in [9.17, 15) is 4.79 Å². The second kappa shape index (κ2) is 4.39. The van der Waals surface area contributed by atoms with E-state index in [2.05, 4.69) is 36.8 Å². The molecule has 1 aliphatic rings. The minimum absolute atomic E-state index is 0.0988. The molecule has 0 radical (unpaired) electrons. The Morgan fingerprint density at radius 2 is 2.27 bits per heavy atom. The average Bonchev–Trinajstić information content (AvgIpc) is 2.45. The molecule has 1 aliphatic heterocycles. The normalized spacial score (nSPS) is 21.1. The van der Waals surface area contributed by atoms with Crippen LogP contribution >= 0.6 is 43.5 Å². The fourth-order valence-corrected chi connectivity index (χ4v) is 2.86. The van der Waals surface area contributed by atoms with Crippen LogP contribution in [0.15, 0.2) is 16.7 Å². The fraction of sp³-hybridized carbons (Fsp3) is 0.333. The Kier molecular flexibility index (Phi) is 3.33. The molecule has 0 aliphatic carbocycles. The van der Waals surface area contributed by atoms with E-state index >= 15 is 0 Å². The van der Waals surface area contributed by atoms with Crippen molar-refractivity contribution in [2.24, 2.45) is 0 Å². The van der Waals surface area contributed by atoms with Crippen LogP contribution in [0.3, 0.4) is 0 Å². The molecule has 0 spiro atoms. The van der Waals surface area contributed by atoms with Gasteiger partial charge >= 0.3 is 0 Å². The van der Waals surface area contributed by atoms with E-state index in [4.69, 9.17) is 11.6 Å². The van der Waals surface area contributed by atoms with E-state index < -0.39 is 0 Å². The van der Waals surface area contributed by atoms with Crippen molar-refractivity contribution in [3.8, 4) is 0 Å². The maximum absolute atomic E-state index is 11.6. The van der Waals surface area contributed by atoms with Gasteiger partial charge in [-0.3, -0.25) is 4.79 Å². The molecule has 1 aromatic heterocycles. The molecule has 1 unspecified atom stereocenters. The van der Waals surface area contributed by atoms with Gasteiger partial charge in [-0.05, 0) is 28.1 Å². The van der Waals surface area contributed by atoms with Gasteiger partial charge in [0, 0.05) is 17.8 Å². The van der Waals surface area contributed by atoms with Gasteiger partial charge in [0.15, 0.2) is 0 Å². The summed E-state index contributed by atoms with van der Waals surface area (Å²) in [7, 11) is 0. The Balaban J connectivity index is 2.34. The summed E-state index contributed by atoms with van der Waals surface area (Å²) in [5.74, 6) is 0.0988. The van der Waals surface area contributed by atoms with Gasteiger partial charge in [-0.15, -0.1) is 0 Å². The van der Waals surface area contributed by atoms with E-state index in [1.807, 2.05) is 0 Å². The van der Waals surface area contributed by atoms with Crippen LogP contribution in [0.25, 0.3) is 0 Å². The number of hydrogen-bond acceptors (Lipinski definition) is 2. The maximum Gasteiger partial charge on any atom is 0.228 e. The predicted molar refractivity (Wildman–Crippen MR) is 66.6 cm³/mol. The summed E-state index contributed by atoms with van der Waals surface area (Å²) in [5.41, 5.74) is 0.770. The van der Waals surface area contributed by atoms with E-state index in [0.29, 0.717) is 22.7 Å². The topological polar surface area (TPSA) is 33.2 Å². The monoisotopic (exact) mass is 352 g/mol. The second-order valence-corrected chi connectivity index (χ2v) is 5.68. The lowest BCUT2D eigenvalue weighted by atomic mass is 10.4. The predicted octanol–water partition coefficient (Wildman–Crippen LogP) is 3.00. The zero-order chi connectivity index (χ0) is 11.0. The summed E-state index contributed by atoms with van der Waals surface area (Å²) in [4.78, 5) is 17.6. The zero-order valence-electron chi connectivity index (χ0n) is 7.58. The molecule has 0 N–H and O–H groups in total. The Bertz CT molecular complexity index is 413. The number of carbonyl (C=O) groups excluding carboxylic acids is 1. The number of hydrogen-bond donors (Lipinski definition) is 0. The number of pyridine rings is 1. The van der Waals surface area contributed by atoms with Gasteiger partial charge in [0.2, 0.25) is 5.91 Å². The number of halogens is 3. The summed E-state index contributed by atoms with van der Waals surface area (Å²) in [6.07, 6.45) is 0.523. The van der Waals surface area contributed by atoms with Crippen LogP contribution < -0.4 is 4.90 Å². The Hall–Kier alpha value is -0.130. The first kappa shape index (κ1) is 11.4. The molecular weight excluding hydrogens is 347 g/mol. The van der Waals surface area contributed by atoms with Crippen LogP contribution in [0.4, 0.5) is 5.69 Å². The van der Waals surface area contributed by atoms with Crippen LogP contribution in [-0.4, -0.2) is 22.3 Å². The molecule has 1 amide bonds. The smallest absolute Gasteiger partial charge is 0.228 e. The molecule has 0 aromatic carbocycles. The first-order valence-electron chi connectivity index (χ1n) is 4.34. The molecule has 1 atom stereocenters. The number of amides is 1. The van der Waals surface area contributed by atoms with E-state index in [1.54, 1.807) is 17.0 Å². The van der Waals surface area contributed by atoms with Gasteiger partial charge in [-0.25, -0.2) is 4.98 Å². The van der Waals surface area contributed by atoms with Crippen molar-refractivity contribution in [2.45, 2.75) is 11.2 Å². The van der Waals surface area contributed by atoms with Gasteiger partial charge in [0.1, 0.15) is 9.76 Å². The third-order valence-corrected chi connectivity index (χ3v) is 3.57. The quantitative estimate of drug-likeness (QED) is 0.574. The molecule has 15 heavy (non-hydrogen) atoms. The van der Waals surface area contributed by atoms with Crippen molar-refractivity contribution >= 4 is 55.1 Å². The first-order chi connectivity index (χ1) is 7.08. The minimum Gasteiger partial charge on any atom is -0.309 e. The van der Waals surface area contributed by atoms with E-state index in [0.717, 1.165) is 5.69 Å². The number of nitrogens with zero attached hydrogens (tertiary/aromatic N) is 2. The summed E-state index contributed by atoms with van der Waals surface area (Å²) >= 11 is 12.5. The molecule has 1 aromatic rings. The van der Waals surface area contributed by atoms with Crippen molar-refractivity contribution in [3.05, 3.63) is 21.9 Å². The number of alkyl halides is 1. The molecule has 80 valence electrons. The molecule has 1 saturated heterocycles. The van der Waals surface area contributed by atoms with Crippen LogP contribution in [0.5, 0.6) is 0 Å². The van der Waals surface area contributed by atoms with E-state index in [1.165, 1.54) is 0 Å². The molecule has 2 heterocycles. The lowest BCUT2D eigenvalue weighted by molar-refractivity contribution is -0.117. The van der Waals surface area contributed by atoms with Gasteiger partial charge in [-0.1, -0.05) is 27.5 Å².